The average Bonchev–Trinajstić information content (AvgIpc) is 3.28. The molecule has 5 rings (SSSR count). The molecule has 0 fully saturated rings. The van der Waals surface area contributed by atoms with Gasteiger partial charge in [0.15, 0.2) is 17.4 Å². The van der Waals surface area contributed by atoms with Crippen molar-refractivity contribution >= 4 is 22.4 Å². The number of halogens is 1. The Morgan fingerprint density at radius 2 is 1.81 bits per heavy atom. The van der Waals surface area contributed by atoms with Crippen LogP contribution in [-0.2, 0) is 13.0 Å². The molecule has 9 nitrogen and oxygen atoms in total. The van der Waals surface area contributed by atoms with E-state index in [0.717, 1.165) is 16.6 Å². The first kappa shape index (κ1) is 24.3. The zero-order valence-corrected chi connectivity index (χ0v) is 19.9. The number of hydrogen-bond acceptors (Lipinski definition) is 8. The van der Waals surface area contributed by atoms with Crippen LogP contribution in [0.5, 0.6) is 5.75 Å². The second kappa shape index (κ2) is 11.1. The molecule has 10 heteroatoms. The number of anilines is 2. The first-order valence-corrected chi connectivity index (χ1v) is 11.8. The third kappa shape index (κ3) is 5.40. The Morgan fingerprint density at radius 3 is 2.65 bits per heavy atom. The van der Waals surface area contributed by atoms with Crippen molar-refractivity contribution in [2.45, 2.75) is 13.0 Å². The Hall–Kier alpha value is -4.41. The van der Waals surface area contributed by atoms with E-state index < -0.39 is 0 Å². The molecule has 3 N–H and O–H groups in total. The monoisotopic (exact) mass is 500 g/mol. The highest BCUT2D eigenvalue weighted by Crippen LogP contribution is 2.31. The third-order valence-electron chi connectivity index (χ3n) is 5.70. The number of benzene rings is 2. The molecule has 0 aliphatic heterocycles. The highest BCUT2D eigenvalue weighted by molar-refractivity contribution is 5.92. The van der Waals surface area contributed by atoms with Crippen LogP contribution in [0.2, 0.25) is 0 Å². The van der Waals surface area contributed by atoms with Gasteiger partial charge in [-0.05, 0) is 24.3 Å². The van der Waals surface area contributed by atoms with E-state index in [1.54, 1.807) is 35.1 Å². The van der Waals surface area contributed by atoms with Crippen molar-refractivity contribution in [3.05, 3.63) is 90.1 Å². The van der Waals surface area contributed by atoms with Gasteiger partial charge in [-0.3, -0.25) is 9.67 Å². The second-order valence-corrected chi connectivity index (χ2v) is 8.23. The number of aliphatic hydroxyl groups excluding tert-OH is 2. The average molecular weight is 501 g/mol. The summed E-state index contributed by atoms with van der Waals surface area (Å²) in [6, 6.07) is 17.8. The number of hydrogen-bond donors (Lipinski definition) is 3. The fraction of sp³-hybridized carbons (Fsp3) is 0.185. The highest BCUT2D eigenvalue weighted by atomic mass is 19.1. The lowest BCUT2D eigenvalue weighted by Gasteiger charge is -2.13. The molecule has 188 valence electrons. The topological polar surface area (TPSA) is 118 Å². The van der Waals surface area contributed by atoms with Crippen molar-refractivity contribution in [3.63, 3.8) is 0 Å². The predicted molar refractivity (Wildman–Crippen MR) is 137 cm³/mol. The number of para-hydroxylation sites is 1. The maximum Gasteiger partial charge on any atom is 0.183 e. The number of ether oxygens (including phenoxy) is 1. The smallest absolute Gasteiger partial charge is 0.183 e. The van der Waals surface area contributed by atoms with Gasteiger partial charge in [-0.2, -0.15) is 5.10 Å². The summed E-state index contributed by atoms with van der Waals surface area (Å²) < 4.78 is 21.8. The quantitative estimate of drug-likeness (QED) is 0.266. The first-order chi connectivity index (χ1) is 18.2. The molecule has 0 amide bonds. The minimum atomic E-state index is -0.297. The lowest BCUT2D eigenvalue weighted by atomic mass is 10.2. The molecule has 0 atom stereocenters. The lowest BCUT2D eigenvalue weighted by Crippen LogP contribution is -2.07. The first-order valence-electron chi connectivity index (χ1n) is 11.8. The van der Waals surface area contributed by atoms with Gasteiger partial charge in [0.2, 0.25) is 0 Å². The van der Waals surface area contributed by atoms with Crippen molar-refractivity contribution in [2.24, 2.45) is 0 Å². The number of nitrogens with zero attached hydrogens (tertiary/aromatic N) is 5. The number of aromatic nitrogens is 5. The minimum absolute atomic E-state index is 0.0123. The molecule has 0 aliphatic rings. The molecule has 0 saturated carbocycles. The molecule has 3 heterocycles. The summed E-state index contributed by atoms with van der Waals surface area (Å²) in [6.45, 7) is 0.147. The van der Waals surface area contributed by atoms with Crippen LogP contribution in [0.3, 0.4) is 0 Å². The van der Waals surface area contributed by atoms with Crippen LogP contribution in [0.1, 0.15) is 11.3 Å². The maximum absolute atomic E-state index is 14.4. The molecule has 0 spiro atoms. The molecule has 0 aliphatic carbocycles. The van der Waals surface area contributed by atoms with Crippen molar-refractivity contribution in [1.29, 1.82) is 0 Å². The van der Waals surface area contributed by atoms with E-state index in [4.69, 9.17) is 14.8 Å². The van der Waals surface area contributed by atoms with Crippen LogP contribution < -0.4 is 10.1 Å². The SMILES string of the molecule is OCCOc1cnc(-c2nn(Cc3ccccc3F)c3ccccc23)nc1Nc1ccnc(CCO)c1. The molecule has 0 radical (unpaired) electrons. The minimum Gasteiger partial charge on any atom is -0.486 e. The summed E-state index contributed by atoms with van der Waals surface area (Å²) in [7, 11) is 0. The molecule has 37 heavy (non-hydrogen) atoms. The fourth-order valence-corrected chi connectivity index (χ4v) is 3.98. The zero-order valence-electron chi connectivity index (χ0n) is 19.9. The van der Waals surface area contributed by atoms with E-state index in [1.807, 2.05) is 30.3 Å². The van der Waals surface area contributed by atoms with E-state index in [-0.39, 0.29) is 32.2 Å². The molecule has 3 aromatic heterocycles. The van der Waals surface area contributed by atoms with Crippen LogP contribution in [0.25, 0.3) is 22.4 Å². The molecular weight excluding hydrogens is 475 g/mol. The highest BCUT2D eigenvalue weighted by Gasteiger charge is 2.18. The summed E-state index contributed by atoms with van der Waals surface area (Å²) >= 11 is 0. The summed E-state index contributed by atoms with van der Waals surface area (Å²) in [5, 5.41) is 27.3. The van der Waals surface area contributed by atoms with Crippen molar-refractivity contribution in [2.75, 3.05) is 25.1 Å². The molecule has 0 bridgehead atoms. The number of nitrogens with one attached hydrogen (secondary N) is 1. The predicted octanol–water partition coefficient (Wildman–Crippen LogP) is 3.73. The summed E-state index contributed by atoms with van der Waals surface area (Å²) in [5.41, 5.74) is 3.31. The van der Waals surface area contributed by atoms with Gasteiger partial charge < -0.3 is 20.3 Å². The second-order valence-electron chi connectivity index (χ2n) is 8.23. The van der Waals surface area contributed by atoms with Gasteiger partial charge in [-0.15, -0.1) is 0 Å². The van der Waals surface area contributed by atoms with E-state index in [9.17, 15) is 14.6 Å². The summed E-state index contributed by atoms with van der Waals surface area (Å²) in [4.78, 5) is 13.4. The Bertz CT molecular complexity index is 1520. The van der Waals surface area contributed by atoms with Crippen molar-refractivity contribution in [1.82, 2.24) is 24.7 Å². The Kier molecular flexibility index (Phi) is 7.29. The third-order valence-corrected chi connectivity index (χ3v) is 5.70. The van der Waals surface area contributed by atoms with Crippen LogP contribution in [0.4, 0.5) is 15.9 Å². The molecule has 0 unspecified atom stereocenters. The van der Waals surface area contributed by atoms with Crippen LogP contribution in [0.15, 0.2) is 73.1 Å². The standard InChI is InChI=1S/C27H25FN6O3/c28-22-7-3-1-5-18(22)17-34-23-8-4-2-6-21(23)25(33-34)27-30-16-24(37-14-13-36)26(32-27)31-20-9-11-29-19(15-20)10-12-35/h1-9,11,15-16,35-36H,10,12-14,17H2,(H,29,30,31,32). The molecule has 2 aromatic carbocycles. The van der Waals surface area contributed by atoms with Gasteiger partial charge in [0, 0.05) is 41.6 Å². The van der Waals surface area contributed by atoms with Gasteiger partial charge >= 0.3 is 0 Å². The van der Waals surface area contributed by atoms with E-state index in [2.05, 4.69) is 15.3 Å². The molecule has 5 aromatic rings. The number of pyridine rings is 1. The Morgan fingerprint density at radius 1 is 0.973 bits per heavy atom. The van der Waals surface area contributed by atoms with E-state index >= 15 is 0 Å². The van der Waals surface area contributed by atoms with E-state index in [1.165, 1.54) is 12.3 Å². The van der Waals surface area contributed by atoms with Gasteiger partial charge in [0.1, 0.15) is 18.1 Å². The van der Waals surface area contributed by atoms with Gasteiger partial charge in [-0.1, -0.05) is 36.4 Å². The van der Waals surface area contributed by atoms with Gasteiger partial charge in [0.05, 0.1) is 24.9 Å². The number of rotatable bonds is 10. The fourth-order valence-electron chi connectivity index (χ4n) is 3.98. The van der Waals surface area contributed by atoms with E-state index in [0.29, 0.717) is 40.8 Å². The summed E-state index contributed by atoms with van der Waals surface area (Å²) in [6.07, 6.45) is 3.59. The van der Waals surface area contributed by atoms with Gasteiger partial charge in [-0.25, -0.2) is 14.4 Å². The lowest BCUT2D eigenvalue weighted by molar-refractivity contribution is 0.201. The van der Waals surface area contributed by atoms with Crippen molar-refractivity contribution in [3.8, 4) is 17.3 Å². The molecular formula is C27H25FN6O3. The van der Waals surface area contributed by atoms with Gasteiger partial charge in [0.25, 0.3) is 0 Å². The summed E-state index contributed by atoms with van der Waals surface area (Å²) in [5.74, 6) is 0.794. The molecule has 0 saturated heterocycles. The van der Waals surface area contributed by atoms with Crippen LogP contribution >= 0.6 is 0 Å². The van der Waals surface area contributed by atoms with Crippen LogP contribution in [0, 0.1) is 5.82 Å². The number of fused-ring (bicyclic) bond motifs is 1. The number of aliphatic hydroxyl groups is 2. The zero-order chi connectivity index (χ0) is 25.6. The largest absolute Gasteiger partial charge is 0.486 e. The maximum atomic E-state index is 14.4. The normalized spacial score (nSPS) is 11.1. The van der Waals surface area contributed by atoms with Crippen molar-refractivity contribution < 1.29 is 19.3 Å². The Labute approximate surface area is 212 Å². The Balaban J connectivity index is 1.55. The van der Waals surface area contributed by atoms with Crippen LogP contribution in [-0.4, -0.2) is 54.8 Å².